The summed E-state index contributed by atoms with van der Waals surface area (Å²) in [4.78, 5) is 19.0. The third-order valence-electron chi connectivity index (χ3n) is 7.05. The zero-order valence-electron chi connectivity index (χ0n) is 21.0. The van der Waals surface area contributed by atoms with E-state index in [4.69, 9.17) is 0 Å². The molecule has 0 aliphatic rings. The Bertz CT molecular complexity index is 1340. The Hall–Kier alpha value is -3.32. The molecule has 0 amide bonds. The van der Waals surface area contributed by atoms with Gasteiger partial charge in [-0.15, -0.1) is 5.10 Å². The molecule has 0 saturated heterocycles. The van der Waals surface area contributed by atoms with Gasteiger partial charge in [0.05, 0.1) is 11.1 Å². The lowest BCUT2D eigenvalue weighted by Crippen LogP contribution is -2.38. The van der Waals surface area contributed by atoms with Crippen molar-refractivity contribution in [2.75, 3.05) is 6.54 Å². The lowest BCUT2D eigenvalue weighted by Gasteiger charge is -2.33. The Morgan fingerprint density at radius 2 is 1.82 bits per heavy atom. The van der Waals surface area contributed by atoms with Crippen molar-refractivity contribution in [1.82, 2.24) is 30.1 Å². The number of aryl methyl sites for hydroxylation is 2. The van der Waals surface area contributed by atoms with E-state index in [2.05, 4.69) is 84.3 Å². The van der Waals surface area contributed by atoms with Crippen LogP contribution in [0.15, 0.2) is 53.3 Å². The highest BCUT2D eigenvalue weighted by Gasteiger charge is 2.34. The number of pyridine rings is 1. The summed E-state index contributed by atoms with van der Waals surface area (Å²) >= 11 is 0. The predicted molar refractivity (Wildman–Crippen MR) is 136 cm³/mol. The van der Waals surface area contributed by atoms with Gasteiger partial charge in [-0.1, -0.05) is 56.3 Å². The summed E-state index contributed by atoms with van der Waals surface area (Å²) in [7, 11) is 0. The number of aromatic nitrogens is 5. The van der Waals surface area contributed by atoms with Gasteiger partial charge in [-0.25, -0.2) is 4.68 Å². The Labute approximate surface area is 200 Å². The van der Waals surface area contributed by atoms with Gasteiger partial charge in [-0.2, -0.15) is 0 Å². The maximum absolute atomic E-state index is 13.6. The fraction of sp³-hybridized carbons (Fsp3) is 0.407. The molecule has 0 spiro atoms. The maximum atomic E-state index is 13.6. The van der Waals surface area contributed by atoms with E-state index in [1.165, 1.54) is 5.56 Å². The number of aromatic amines is 1. The van der Waals surface area contributed by atoms with Crippen LogP contribution in [0, 0.1) is 13.8 Å². The fourth-order valence-corrected chi connectivity index (χ4v) is 4.39. The molecule has 0 aliphatic carbocycles. The number of tetrazole rings is 1. The molecule has 1 atom stereocenters. The molecule has 1 N–H and O–H groups in total. The minimum atomic E-state index is -0.402. The molecule has 4 rings (SSSR count). The molecule has 7 heteroatoms. The lowest BCUT2D eigenvalue weighted by molar-refractivity contribution is 0.197. The van der Waals surface area contributed by atoms with Crippen molar-refractivity contribution in [3.63, 3.8) is 0 Å². The van der Waals surface area contributed by atoms with Crippen molar-refractivity contribution in [3.8, 4) is 0 Å². The van der Waals surface area contributed by atoms with Gasteiger partial charge in [0.25, 0.3) is 5.56 Å². The number of rotatable bonds is 8. The van der Waals surface area contributed by atoms with E-state index in [-0.39, 0.29) is 11.1 Å². The first-order chi connectivity index (χ1) is 16.3. The largest absolute Gasteiger partial charge is 0.321 e. The van der Waals surface area contributed by atoms with E-state index in [1.807, 2.05) is 35.9 Å². The smallest absolute Gasteiger partial charge is 0.253 e. The summed E-state index contributed by atoms with van der Waals surface area (Å²) in [5.74, 6) is 0.679. The molecule has 0 aliphatic heterocycles. The van der Waals surface area contributed by atoms with E-state index in [9.17, 15) is 4.79 Å². The van der Waals surface area contributed by atoms with Crippen LogP contribution in [0.2, 0.25) is 0 Å². The highest BCUT2D eigenvalue weighted by molar-refractivity contribution is 5.83. The van der Waals surface area contributed by atoms with E-state index in [0.717, 1.165) is 35.0 Å². The van der Waals surface area contributed by atoms with Crippen molar-refractivity contribution in [1.29, 1.82) is 0 Å². The second-order valence-corrected chi connectivity index (χ2v) is 9.59. The van der Waals surface area contributed by atoms with Gasteiger partial charge in [0.15, 0.2) is 5.82 Å². The van der Waals surface area contributed by atoms with Gasteiger partial charge >= 0.3 is 0 Å². The highest BCUT2D eigenvalue weighted by Crippen LogP contribution is 2.32. The molecule has 7 nitrogen and oxygen atoms in total. The standard InChI is InChI=1S/C27H34N6O/c1-7-27(5,6)33-25(29-30-31-33)24(32(8-2)17-20-12-10-9-11-13-20)22-16-21-15-14-18(3)19(4)23(21)28-26(22)34/h9-16,24H,7-8,17H2,1-6H3,(H,28,34). The minimum Gasteiger partial charge on any atom is -0.321 e. The van der Waals surface area contributed by atoms with Crippen LogP contribution in [0.4, 0.5) is 0 Å². The van der Waals surface area contributed by atoms with E-state index < -0.39 is 6.04 Å². The zero-order valence-corrected chi connectivity index (χ0v) is 21.0. The van der Waals surface area contributed by atoms with Crippen molar-refractivity contribution < 1.29 is 0 Å². The fourth-order valence-electron chi connectivity index (χ4n) is 4.39. The highest BCUT2D eigenvalue weighted by atomic mass is 16.1. The van der Waals surface area contributed by atoms with Crippen LogP contribution in [-0.2, 0) is 12.1 Å². The Kier molecular flexibility index (Phi) is 6.66. The van der Waals surface area contributed by atoms with Crippen LogP contribution >= 0.6 is 0 Å². The predicted octanol–water partition coefficient (Wildman–Crippen LogP) is 4.89. The molecule has 1 unspecified atom stereocenters. The quantitative estimate of drug-likeness (QED) is 0.407. The third kappa shape index (κ3) is 4.40. The van der Waals surface area contributed by atoms with E-state index in [0.29, 0.717) is 17.9 Å². The van der Waals surface area contributed by atoms with Gasteiger partial charge in [0, 0.05) is 12.1 Å². The number of fused-ring (bicyclic) bond motifs is 1. The number of nitrogens with zero attached hydrogens (tertiary/aromatic N) is 5. The monoisotopic (exact) mass is 458 g/mol. The molecule has 34 heavy (non-hydrogen) atoms. The second-order valence-electron chi connectivity index (χ2n) is 9.59. The van der Waals surface area contributed by atoms with Crippen LogP contribution in [-0.4, -0.2) is 36.6 Å². The molecule has 0 fully saturated rings. The second kappa shape index (κ2) is 9.50. The molecular weight excluding hydrogens is 424 g/mol. The first-order valence-electron chi connectivity index (χ1n) is 12.0. The Balaban J connectivity index is 1.94. The SMILES string of the molecule is CCN(Cc1ccccc1)C(c1cc2ccc(C)c(C)c2[nH]c1=O)c1nnnn1C(C)(C)CC. The average Bonchev–Trinajstić information content (AvgIpc) is 3.33. The van der Waals surface area contributed by atoms with Gasteiger partial charge in [-0.05, 0) is 79.2 Å². The molecule has 2 heterocycles. The van der Waals surface area contributed by atoms with Crippen LogP contribution in [0.25, 0.3) is 10.9 Å². The van der Waals surface area contributed by atoms with Crippen LogP contribution < -0.4 is 5.56 Å². The molecule has 178 valence electrons. The van der Waals surface area contributed by atoms with Gasteiger partial charge in [-0.3, -0.25) is 9.69 Å². The first kappa shape index (κ1) is 23.8. The number of nitrogens with one attached hydrogen (secondary N) is 1. The molecule has 2 aromatic carbocycles. The van der Waals surface area contributed by atoms with Gasteiger partial charge < -0.3 is 4.98 Å². The summed E-state index contributed by atoms with van der Waals surface area (Å²) < 4.78 is 1.88. The molecule has 0 radical (unpaired) electrons. The van der Waals surface area contributed by atoms with E-state index in [1.54, 1.807) is 0 Å². The summed E-state index contributed by atoms with van der Waals surface area (Å²) in [6.07, 6.45) is 0.856. The summed E-state index contributed by atoms with van der Waals surface area (Å²) in [6.45, 7) is 14.0. The molecule has 2 aromatic heterocycles. The topological polar surface area (TPSA) is 79.7 Å². The third-order valence-corrected chi connectivity index (χ3v) is 7.05. The number of H-pyrrole nitrogens is 1. The number of benzene rings is 2. The molecular formula is C27H34N6O. The summed E-state index contributed by atoms with van der Waals surface area (Å²) in [5, 5.41) is 13.9. The zero-order chi connectivity index (χ0) is 24.5. The van der Waals surface area contributed by atoms with Gasteiger partial charge in [0.1, 0.15) is 6.04 Å². The number of hydrogen-bond acceptors (Lipinski definition) is 5. The maximum Gasteiger partial charge on any atom is 0.253 e. The van der Waals surface area contributed by atoms with Gasteiger partial charge in [0.2, 0.25) is 0 Å². The first-order valence-corrected chi connectivity index (χ1v) is 12.0. The normalized spacial score (nSPS) is 13.0. The van der Waals surface area contributed by atoms with Crippen LogP contribution in [0.1, 0.15) is 68.2 Å². The summed E-state index contributed by atoms with van der Waals surface area (Å²) in [6, 6.07) is 16.1. The minimum absolute atomic E-state index is 0.110. The summed E-state index contributed by atoms with van der Waals surface area (Å²) in [5.41, 5.74) is 4.55. The molecule has 0 bridgehead atoms. The van der Waals surface area contributed by atoms with Crippen LogP contribution in [0.5, 0.6) is 0 Å². The Morgan fingerprint density at radius 3 is 2.50 bits per heavy atom. The molecule has 4 aromatic rings. The average molecular weight is 459 g/mol. The van der Waals surface area contributed by atoms with Crippen molar-refractivity contribution in [2.45, 2.75) is 66.1 Å². The Morgan fingerprint density at radius 1 is 1.09 bits per heavy atom. The van der Waals surface area contributed by atoms with Crippen molar-refractivity contribution >= 4 is 10.9 Å². The van der Waals surface area contributed by atoms with Crippen molar-refractivity contribution in [2.24, 2.45) is 0 Å². The van der Waals surface area contributed by atoms with E-state index >= 15 is 0 Å². The molecule has 0 saturated carbocycles. The number of hydrogen-bond donors (Lipinski definition) is 1. The lowest BCUT2D eigenvalue weighted by atomic mass is 9.98. The van der Waals surface area contributed by atoms with Crippen molar-refractivity contribution in [3.05, 3.63) is 87.0 Å². The van der Waals surface area contributed by atoms with Crippen LogP contribution in [0.3, 0.4) is 0 Å².